The number of H-pyrrole nitrogens is 1. The van der Waals surface area contributed by atoms with Crippen molar-refractivity contribution in [1.29, 1.82) is 0 Å². The number of hydrogen-bond acceptors (Lipinski definition) is 6. The summed E-state index contributed by atoms with van der Waals surface area (Å²) in [6.45, 7) is -0.487. The molecule has 0 aliphatic heterocycles. The average molecular weight is 523 g/mol. The molecule has 0 spiro atoms. The third kappa shape index (κ3) is 5.30. The lowest BCUT2D eigenvalue weighted by atomic mass is 10.1. The first kappa shape index (κ1) is 23.6. The summed E-state index contributed by atoms with van der Waals surface area (Å²) in [7, 11) is 0. The summed E-state index contributed by atoms with van der Waals surface area (Å²) in [6.07, 6.45) is 0.249. The lowest BCUT2D eigenvalue weighted by Crippen LogP contribution is -2.45. The van der Waals surface area contributed by atoms with Crippen molar-refractivity contribution < 1.29 is 14.0 Å². The Balaban J connectivity index is 1.39. The first-order valence-corrected chi connectivity index (χ1v) is 10.8. The lowest BCUT2D eigenvalue weighted by Gasteiger charge is -2.07. The number of fused-ring (bicyclic) bond motifs is 1. The average Bonchev–Trinajstić information content (AvgIpc) is 3.12. The number of nitrogens with zero attached hydrogens (tertiary/aromatic N) is 2. The van der Waals surface area contributed by atoms with Crippen LogP contribution in [0.5, 0.6) is 0 Å². The lowest BCUT2D eigenvalue weighted by molar-refractivity contribution is -0.122. The number of hydrazine groups is 1. The zero-order chi connectivity index (χ0) is 24.4. The molecule has 0 radical (unpaired) electrons. The predicted octanol–water partition coefficient (Wildman–Crippen LogP) is 2.69. The number of amides is 2. The van der Waals surface area contributed by atoms with Crippen molar-refractivity contribution in [3.63, 3.8) is 0 Å². The zero-order valence-corrected chi connectivity index (χ0v) is 19.3. The van der Waals surface area contributed by atoms with Gasteiger partial charge < -0.3 is 4.42 Å². The zero-order valence-electron chi connectivity index (χ0n) is 17.0. The summed E-state index contributed by atoms with van der Waals surface area (Å²) in [6, 6.07) is 10.8. The molecule has 0 aliphatic rings. The molecule has 2 heterocycles. The monoisotopic (exact) mass is 521 g/mol. The number of rotatable bonds is 5. The molecule has 0 saturated carbocycles. The summed E-state index contributed by atoms with van der Waals surface area (Å²) >= 11 is 17.8. The molecule has 4 aromatic rings. The summed E-state index contributed by atoms with van der Waals surface area (Å²) < 4.78 is 5.98. The van der Waals surface area contributed by atoms with Crippen LogP contribution in [0.1, 0.15) is 21.7 Å². The summed E-state index contributed by atoms with van der Waals surface area (Å²) in [5, 5.41) is 5.64. The second kappa shape index (κ2) is 9.72. The SMILES string of the molecule is O=C(Cn1nc(Cc2ccc(Cl)c(Cl)c2)[nH]c1=O)NNC(=O)c1cc2cc(Cl)ccc2oc1=O. The van der Waals surface area contributed by atoms with Gasteiger partial charge in [0.15, 0.2) is 0 Å². The Hall–Kier alpha value is -3.60. The number of carbonyl (C=O) groups excluding carboxylic acids is 2. The van der Waals surface area contributed by atoms with E-state index in [1.807, 2.05) is 0 Å². The standard InChI is InChI=1S/C21H14Cl3N5O5/c22-12-2-4-16-11(7-12)8-13(20(32)34-16)19(31)27-26-18(30)9-29-21(33)25-17(28-29)6-10-1-3-14(23)15(24)5-10/h1-5,7-8H,6,9H2,(H,26,30)(H,27,31)(H,25,28,33). The van der Waals surface area contributed by atoms with E-state index in [0.717, 1.165) is 10.2 Å². The molecule has 0 unspecified atom stereocenters. The topological polar surface area (TPSA) is 139 Å². The highest BCUT2D eigenvalue weighted by molar-refractivity contribution is 6.42. The van der Waals surface area contributed by atoms with Crippen LogP contribution in [0.25, 0.3) is 11.0 Å². The molecule has 13 heteroatoms. The summed E-state index contributed by atoms with van der Waals surface area (Å²) in [4.78, 5) is 51.3. The number of hydrogen-bond donors (Lipinski definition) is 3. The summed E-state index contributed by atoms with van der Waals surface area (Å²) in [5.41, 5.74) is 3.39. The largest absolute Gasteiger partial charge is 0.422 e. The van der Waals surface area contributed by atoms with Crippen LogP contribution in [0, 0.1) is 0 Å². The molecule has 0 aliphatic carbocycles. The Bertz CT molecular complexity index is 1540. The molecule has 2 aromatic heterocycles. The highest BCUT2D eigenvalue weighted by atomic mass is 35.5. The number of carbonyl (C=O) groups is 2. The van der Waals surface area contributed by atoms with Crippen molar-refractivity contribution in [2.75, 3.05) is 0 Å². The Morgan fingerprint density at radius 3 is 2.56 bits per heavy atom. The normalized spacial score (nSPS) is 10.9. The van der Waals surface area contributed by atoms with Crippen LogP contribution in [-0.4, -0.2) is 26.6 Å². The van der Waals surface area contributed by atoms with E-state index in [-0.39, 0.29) is 17.6 Å². The number of halogens is 3. The van der Waals surface area contributed by atoms with E-state index in [2.05, 4.69) is 20.9 Å². The first-order chi connectivity index (χ1) is 16.2. The van der Waals surface area contributed by atoms with E-state index >= 15 is 0 Å². The van der Waals surface area contributed by atoms with Crippen molar-refractivity contribution in [1.82, 2.24) is 25.6 Å². The molecule has 0 atom stereocenters. The number of nitrogens with one attached hydrogen (secondary N) is 3. The maximum atomic E-state index is 12.3. The molecule has 2 amide bonds. The van der Waals surface area contributed by atoms with Crippen LogP contribution in [-0.2, 0) is 17.8 Å². The molecule has 34 heavy (non-hydrogen) atoms. The summed E-state index contributed by atoms with van der Waals surface area (Å²) in [5.74, 6) is -1.36. The highest BCUT2D eigenvalue weighted by Gasteiger charge is 2.16. The fourth-order valence-corrected chi connectivity index (χ4v) is 3.56. The number of aromatic nitrogens is 3. The van der Waals surface area contributed by atoms with Gasteiger partial charge in [-0.05, 0) is 42.0 Å². The van der Waals surface area contributed by atoms with E-state index in [1.165, 1.54) is 18.2 Å². The number of benzene rings is 2. The Kier molecular flexibility index (Phi) is 6.73. The number of aromatic amines is 1. The van der Waals surface area contributed by atoms with Crippen LogP contribution >= 0.6 is 34.8 Å². The van der Waals surface area contributed by atoms with Gasteiger partial charge in [0, 0.05) is 16.8 Å². The van der Waals surface area contributed by atoms with Crippen molar-refractivity contribution in [2.24, 2.45) is 0 Å². The van der Waals surface area contributed by atoms with Gasteiger partial charge >= 0.3 is 11.3 Å². The quantitative estimate of drug-likeness (QED) is 0.272. The van der Waals surface area contributed by atoms with Crippen LogP contribution < -0.4 is 22.2 Å². The van der Waals surface area contributed by atoms with E-state index in [0.29, 0.717) is 26.3 Å². The van der Waals surface area contributed by atoms with Gasteiger partial charge in [0.1, 0.15) is 23.5 Å². The van der Waals surface area contributed by atoms with E-state index in [1.54, 1.807) is 24.3 Å². The molecule has 0 saturated heterocycles. The molecule has 10 nitrogen and oxygen atoms in total. The maximum Gasteiger partial charge on any atom is 0.349 e. The van der Waals surface area contributed by atoms with Gasteiger partial charge in [-0.3, -0.25) is 25.4 Å². The smallest absolute Gasteiger partial charge is 0.349 e. The second-order valence-corrected chi connectivity index (χ2v) is 8.34. The van der Waals surface area contributed by atoms with Gasteiger partial charge in [-0.2, -0.15) is 5.10 Å². The van der Waals surface area contributed by atoms with Gasteiger partial charge in [0.05, 0.1) is 10.0 Å². The van der Waals surface area contributed by atoms with Crippen molar-refractivity contribution in [3.8, 4) is 0 Å². The minimum atomic E-state index is -0.904. The Morgan fingerprint density at radius 2 is 1.79 bits per heavy atom. The first-order valence-electron chi connectivity index (χ1n) is 9.62. The van der Waals surface area contributed by atoms with Crippen molar-refractivity contribution in [2.45, 2.75) is 13.0 Å². The van der Waals surface area contributed by atoms with Gasteiger partial charge in [0.2, 0.25) is 0 Å². The molecular formula is C21H14Cl3N5O5. The fourth-order valence-electron chi connectivity index (χ4n) is 3.06. The van der Waals surface area contributed by atoms with Gasteiger partial charge in [0.25, 0.3) is 11.8 Å². The second-order valence-electron chi connectivity index (χ2n) is 7.09. The minimum Gasteiger partial charge on any atom is -0.422 e. The molecule has 4 rings (SSSR count). The van der Waals surface area contributed by atoms with E-state index < -0.39 is 29.7 Å². The van der Waals surface area contributed by atoms with Gasteiger partial charge in [-0.15, -0.1) is 0 Å². The van der Waals surface area contributed by atoms with Crippen LogP contribution in [0.15, 0.2) is 56.5 Å². The molecule has 3 N–H and O–H groups in total. The molecular weight excluding hydrogens is 509 g/mol. The molecule has 0 bridgehead atoms. The predicted molar refractivity (Wildman–Crippen MR) is 125 cm³/mol. The van der Waals surface area contributed by atoms with Crippen molar-refractivity contribution >= 4 is 57.6 Å². The van der Waals surface area contributed by atoms with Crippen LogP contribution in [0.2, 0.25) is 15.1 Å². The van der Waals surface area contributed by atoms with Gasteiger partial charge in [-0.25, -0.2) is 14.3 Å². The molecule has 174 valence electrons. The highest BCUT2D eigenvalue weighted by Crippen LogP contribution is 2.23. The molecule has 2 aromatic carbocycles. The fraction of sp³-hybridized carbons (Fsp3) is 0.0952. The van der Waals surface area contributed by atoms with E-state index in [9.17, 15) is 19.2 Å². The molecule has 0 fully saturated rings. The van der Waals surface area contributed by atoms with Crippen LogP contribution in [0.3, 0.4) is 0 Å². The Labute approximate surface area is 205 Å². The third-order valence-corrected chi connectivity index (χ3v) is 5.60. The minimum absolute atomic E-state index is 0.249. The Morgan fingerprint density at radius 1 is 1.00 bits per heavy atom. The third-order valence-electron chi connectivity index (χ3n) is 4.63. The van der Waals surface area contributed by atoms with Crippen LogP contribution in [0.4, 0.5) is 0 Å². The van der Waals surface area contributed by atoms with E-state index in [4.69, 9.17) is 39.2 Å². The van der Waals surface area contributed by atoms with Crippen molar-refractivity contribution in [3.05, 3.63) is 95.4 Å². The van der Waals surface area contributed by atoms with Gasteiger partial charge in [-0.1, -0.05) is 40.9 Å². The maximum absolute atomic E-state index is 12.3.